The Bertz CT molecular complexity index is 536. The predicted molar refractivity (Wildman–Crippen MR) is 79.4 cm³/mol. The van der Waals surface area contributed by atoms with E-state index in [0.29, 0.717) is 6.42 Å². The highest BCUT2D eigenvalue weighted by atomic mass is 32.2. The van der Waals surface area contributed by atoms with Gasteiger partial charge in [0.2, 0.25) is 10.0 Å². The highest BCUT2D eigenvalue weighted by Crippen LogP contribution is 2.09. The summed E-state index contributed by atoms with van der Waals surface area (Å²) < 4.78 is 52.1. The van der Waals surface area contributed by atoms with Gasteiger partial charge in [-0.1, -0.05) is 6.92 Å². The fourth-order valence-electron chi connectivity index (χ4n) is 1.78. The van der Waals surface area contributed by atoms with Crippen molar-refractivity contribution in [3.63, 3.8) is 0 Å². The van der Waals surface area contributed by atoms with E-state index in [0.717, 1.165) is 44.1 Å². The van der Waals surface area contributed by atoms with Crippen LogP contribution in [0.25, 0.3) is 0 Å². The lowest BCUT2D eigenvalue weighted by molar-refractivity contribution is 0.562. The van der Waals surface area contributed by atoms with Gasteiger partial charge in [0.1, 0.15) is 11.6 Å². The van der Waals surface area contributed by atoms with Gasteiger partial charge in [0.25, 0.3) is 0 Å². The summed E-state index contributed by atoms with van der Waals surface area (Å²) >= 11 is 0. The number of sulfonamides is 1. The van der Waals surface area contributed by atoms with Gasteiger partial charge in [-0.25, -0.2) is 21.9 Å². The van der Waals surface area contributed by atoms with E-state index in [9.17, 15) is 17.2 Å². The molecule has 0 aromatic heterocycles. The maximum atomic E-state index is 13.4. The minimum Gasteiger partial charge on any atom is -0.317 e. The maximum Gasteiger partial charge on any atom is 0.211 e. The molecule has 0 atom stereocenters. The first kappa shape index (κ1) is 18.0. The van der Waals surface area contributed by atoms with Crippen molar-refractivity contribution in [2.24, 2.45) is 0 Å². The van der Waals surface area contributed by atoms with E-state index in [1.54, 1.807) is 0 Å². The van der Waals surface area contributed by atoms with Crippen LogP contribution >= 0.6 is 0 Å². The second kappa shape index (κ2) is 9.07. The monoisotopic (exact) mass is 320 g/mol. The average Bonchev–Trinajstić information content (AvgIpc) is 2.44. The summed E-state index contributed by atoms with van der Waals surface area (Å²) in [6, 6.07) is 2.97. The van der Waals surface area contributed by atoms with Gasteiger partial charge in [-0.15, -0.1) is 0 Å². The standard InChI is InChI=1S/C14H22F2N2O2S/c1-2-7-17-8-3-4-9-21(19,20)18-11-12-10-13(15)5-6-14(12)16/h5-6,10,17-18H,2-4,7-9,11H2,1H3. The summed E-state index contributed by atoms with van der Waals surface area (Å²) in [6.45, 7) is 3.53. The largest absolute Gasteiger partial charge is 0.317 e. The highest BCUT2D eigenvalue weighted by molar-refractivity contribution is 7.89. The molecule has 1 aromatic rings. The van der Waals surface area contributed by atoms with Crippen LogP contribution in [0, 0.1) is 11.6 Å². The third-order valence-electron chi connectivity index (χ3n) is 2.93. The SMILES string of the molecule is CCCNCCCCS(=O)(=O)NCc1cc(F)ccc1F. The second-order valence-electron chi connectivity index (χ2n) is 4.83. The molecule has 1 aromatic carbocycles. The van der Waals surface area contributed by atoms with E-state index in [-0.39, 0.29) is 17.9 Å². The first-order chi connectivity index (χ1) is 9.94. The van der Waals surface area contributed by atoms with Crippen LogP contribution in [0.15, 0.2) is 18.2 Å². The minimum atomic E-state index is -3.47. The topological polar surface area (TPSA) is 58.2 Å². The van der Waals surface area contributed by atoms with E-state index >= 15 is 0 Å². The van der Waals surface area contributed by atoms with E-state index in [1.165, 1.54) is 0 Å². The molecule has 0 aliphatic rings. The second-order valence-corrected chi connectivity index (χ2v) is 6.76. The highest BCUT2D eigenvalue weighted by Gasteiger charge is 2.11. The minimum absolute atomic E-state index is 0.00295. The predicted octanol–water partition coefficient (Wildman–Crippen LogP) is 2.16. The Kier molecular flexibility index (Phi) is 7.77. The molecule has 0 aliphatic carbocycles. The molecule has 0 heterocycles. The quantitative estimate of drug-likeness (QED) is 0.650. The molecule has 0 unspecified atom stereocenters. The van der Waals surface area contributed by atoms with Crippen molar-refractivity contribution in [1.82, 2.24) is 10.0 Å². The Hall–Kier alpha value is -1.05. The van der Waals surface area contributed by atoms with Crippen LogP contribution < -0.4 is 10.0 Å². The first-order valence-corrected chi connectivity index (χ1v) is 8.72. The molecule has 0 bridgehead atoms. The van der Waals surface area contributed by atoms with Crippen molar-refractivity contribution in [2.75, 3.05) is 18.8 Å². The number of rotatable bonds is 10. The molecular formula is C14H22F2N2O2S. The molecule has 7 heteroatoms. The lowest BCUT2D eigenvalue weighted by Gasteiger charge is -2.08. The lowest BCUT2D eigenvalue weighted by atomic mass is 10.2. The number of halogens is 2. The molecule has 0 radical (unpaired) electrons. The van der Waals surface area contributed by atoms with E-state index in [2.05, 4.69) is 17.0 Å². The van der Waals surface area contributed by atoms with E-state index in [1.807, 2.05) is 0 Å². The van der Waals surface area contributed by atoms with Crippen molar-refractivity contribution >= 4 is 10.0 Å². The Labute approximate surface area is 125 Å². The van der Waals surface area contributed by atoms with Gasteiger partial charge >= 0.3 is 0 Å². The number of nitrogens with one attached hydrogen (secondary N) is 2. The molecule has 0 saturated carbocycles. The van der Waals surface area contributed by atoms with Gasteiger partial charge in [0.15, 0.2) is 0 Å². The van der Waals surface area contributed by atoms with Crippen molar-refractivity contribution in [1.29, 1.82) is 0 Å². The normalized spacial score (nSPS) is 11.8. The molecule has 1 rings (SSSR count). The molecule has 0 saturated heterocycles. The molecule has 4 nitrogen and oxygen atoms in total. The molecule has 21 heavy (non-hydrogen) atoms. The molecular weight excluding hydrogens is 298 g/mol. The van der Waals surface area contributed by atoms with Crippen molar-refractivity contribution in [2.45, 2.75) is 32.7 Å². The zero-order valence-corrected chi connectivity index (χ0v) is 13.0. The molecule has 0 spiro atoms. The Morgan fingerprint density at radius 1 is 1.14 bits per heavy atom. The third-order valence-corrected chi connectivity index (χ3v) is 4.34. The fraction of sp³-hybridized carbons (Fsp3) is 0.571. The third kappa shape index (κ3) is 7.50. The summed E-state index contributed by atoms with van der Waals surface area (Å²) in [5.74, 6) is -1.23. The molecule has 2 N–H and O–H groups in total. The zero-order chi connectivity index (χ0) is 15.7. The number of hydrogen-bond donors (Lipinski definition) is 2. The first-order valence-electron chi connectivity index (χ1n) is 7.06. The van der Waals surface area contributed by atoms with Crippen molar-refractivity contribution in [3.8, 4) is 0 Å². The van der Waals surface area contributed by atoms with E-state index < -0.39 is 21.7 Å². The number of unbranched alkanes of at least 4 members (excludes halogenated alkanes) is 1. The Morgan fingerprint density at radius 3 is 2.62 bits per heavy atom. The lowest BCUT2D eigenvalue weighted by Crippen LogP contribution is -2.27. The fourth-order valence-corrected chi connectivity index (χ4v) is 2.89. The van der Waals surface area contributed by atoms with Crippen molar-refractivity contribution in [3.05, 3.63) is 35.4 Å². The van der Waals surface area contributed by atoms with Crippen LogP contribution in [0.3, 0.4) is 0 Å². The summed E-state index contributed by atoms with van der Waals surface area (Å²) in [4.78, 5) is 0. The molecule has 0 amide bonds. The van der Waals surface area contributed by atoms with Gasteiger partial charge in [0.05, 0.1) is 5.75 Å². The van der Waals surface area contributed by atoms with Gasteiger partial charge in [-0.05, 0) is 50.6 Å². The van der Waals surface area contributed by atoms with Crippen molar-refractivity contribution < 1.29 is 17.2 Å². The molecule has 0 fully saturated rings. The van der Waals surface area contributed by atoms with Crippen LogP contribution in [-0.4, -0.2) is 27.3 Å². The Balaban J connectivity index is 2.34. The van der Waals surface area contributed by atoms with Crippen LogP contribution in [0.4, 0.5) is 8.78 Å². The average molecular weight is 320 g/mol. The summed E-state index contributed by atoms with van der Waals surface area (Å²) in [5, 5.41) is 3.19. The number of hydrogen-bond acceptors (Lipinski definition) is 3. The van der Waals surface area contributed by atoms with Crippen LogP contribution in [0.2, 0.25) is 0 Å². The Morgan fingerprint density at radius 2 is 1.90 bits per heavy atom. The zero-order valence-electron chi connectivity index (χ0n) is 12.2. The molecule has 120 valence electrons. The summed E-state index contributed by atoms with van der Waals surface area (Å²) in [5.41, 5.74) is 0.00295. The van der Waals surface area contributed by atoms with Gasteiger partial charge < -0.3 is 5.32 Å². The van der Waals surface area contributed by atoms with Gasteiger partial charge in [0, 0.05) is 12.1 Å². The van der Waals surface area contributed by atoms with Crippen LogP contribution in [0.5, 0.6) is 0 Å². The number of benzene rings is 1. The van der Waals surface area contributed by atoms with Crippen LogP contribution in [0.1, 0.15) is 31.7 Å². The van der Waals surface area contributed by atoms with E-state index in [4.69, 9.17) is 0 Å². The maximum absolute atomic E-state index is 13.4. The van der Waals surface area contributed by atoms with Gasteiger partial charge in [-0.3, -0.25) is 0 Å². The summed E-state index contributed by atoms with van der Waals surface area (Å²) in [6.07, 6.45) is 2.33. The smallest absolute Gasteiger partial charge is 0.211 e. The van der Waals surface area contributed by atoms with Crippen LogP contribution in [-0.2, 0) is 16.6 Å². The van der Waals surface area contributed by atoms with Gasteiger partial charge in [-0.2, -0.15) is 0 Å². The molecule has 0 aliphatic heterocycles. The summed E-state index contributed by atoms with van der Waals surface area (Å²) in [7, 11) is -3.47.